The number of carbonyl (C=O) groups excluding carboxylic acids is 1. The van der Waals surface area contributed by atoms with Crippen LogP contribution in [0.5, 0.6) is 0 Å². The first kappa shape index (κ1) is 15.2. The molecule has 7 nitrogen and oxygen atoms in total. The molecule has 0 bridgehead atoms. The number of aryl methyl sites for hydroxylation is 1. The number of nitrogens with one attached hydrogen (secondary N) is 2. The SMILES string of the molecule is CNC(C(=O)NCCc1cn2ccccc2n1)c1cnn(C)c1. The highest BCUT2D eigenvalue weighted by Gasteiger charge is 2.19. The number of amides is 1. The summed E-state index contributed by atoms with van der Waals surface area (Å²) in [4.78, 5) is 16.8. The number of hydrogen-bond acceptors (Lipinski definition) is 4. The number of rotatable bonds is 6. The third kappa shape index (κ3) is 3.40. The summed E-state index contributed by atoms with van der Waals surface area (Å²) in [5.41, 5.74) is 2.72. The van der Waals surface area contributed by atoms with Gasteiger partial charge in [0.15, 0.2) is 0 Å². The van der Waals surface area contributed by atoms with Gasteiger partial charge in [-0.25, -0.2) is 4.98 Å². The summed E-state index contributed by atoms with van der Waals surface area (Å²) in [6.45, 7) is 0.543. The third-order valence-electron chi connectivity index (χ3n) is 3.70. The van der Waals surface area contributed by atoms with Crippen molar-refractivity contribution < 1.29 is 4.79 Å². The second kappa shape index (κ2) is 6.62. The summed E-state index contributed by atoms with van der Waals surface area (Å²) >= 11 is 0. The second-order valence-corrected chi connectivity index (χ2v) is 5.41. The molecule has 0 fully saturated rings. The van der Waals surface area contributed by atoms with Gasteiger partial charge in [0.2, 0.25) is 5.91 Å². The first-order valence-corrected chi connectivity index (χ1v) is 7.53. The maximum Gasteiger partial charge on any atom is 0.241 e. The van der Waals surface area contributed by atoms with Crippen molar-refractivity contribution in [3.63, 3.8) is 0 Å². The van der Waals surface area contributed by atoms with Gasteiger partial charge < -0.3 is 15.0 Å². The summed E-state index contributed by atoms with van der Waals surface area (Å²) in [7, 11) is 3.59. The normalized spacial score (nSPS) is 12.4. The molecule has 3 rings (SSSR count). The molecule has 0 aliphatic heterocycles. The Kier molecular flexibility index (Phi) is 4.38. The Morgan fingerprint density at radius 2 is 2.22 bits per heavy atom. The smallest absolute Gasteiger partial charge is 0.241 e. The van der Waals surface area contributed by atoms with Crippen molar-refractivity contribution >= 4 is 11.6 Å². The molecule has 120 valence electrons. The standard InChI is InChI=1S/C16H20N6O/c1-17-15(12-9-19-21(2)10-12)16(23)18-7-6-13-11-22-8-4-3-5-14(22)20-13/h3-5,8-11,15,17H,6-7H2,1-2H3,(H,18,23). The molecule has 3 aromatic heterocycles. The van der Waals surface area contributed by atoms with E-state index in [9.17, 15) is 4.79 Å². The topological polar surface area (TPSA) is 76.2 Å². The molecule has 23 heavy (non-hydrogen) atoms. The lowest BCUT2D eigenvalue weighted by Crippen LogP contribution is -2.36. The molecule has 3 heterocycles. The Labute approximate surface area is 134 Å². The molecule has 0 aliphatic carbocycles. The van der Waals surface area contributed by atoms with Crippen molar-refractivity contribution in [2.45, 2.75) is 12.5 Å². The maximum atomic E-state index is 12.3. The minimum atomic E-state index is -0.398. The van der Waals surface area contributed by atoms with Crippen LogP contribution in [0.4, 0.5) is 0 Å². The van der Waals surface area contributed by atoms with Crippen LogP contribution in [0.3, 0.4) is 0 Å². The summed E-state index contributed by atoms with van der Waals surface area (Å²) in [5.74, 6) is -0.0655. The fraction of sp³-hybridized carbons (Fsp3) is 0.312. The lowest BCUT2D eigenvalue weighted by atomic mass is 10.1. The van der Waals surface area contributed by atoms with Gasteiger partial charge in [-0.05, 0) is 19.2 Å². The number of aromatic nitrogens is 4. The summed E-state index contributed by atoms with van der Waals surface area (Å²) in [6.07, 6.45) is 8.17. The van der Waals surface area contributed by atoms with Crippen molar-refractivity contribution in [3.05, 3.63) is 54.2 Å². The van der Waals surface area contributed by atoms with Gasteiger partial charge in [0.1, 0.15) is 11.7 Å². The zero-order valence-corrected chi connectivity index (χ0v) is 13.2. The first-order chi connectivity index (χ1) is 11.2. The van der Waals surface area contributed by atoms with E-state index in [1.165, 1.54) is 0 Å². The molecule has 0 aliphatic rings. The van der Waals surface area contributed by atoms with Crippen LogP contribution in [-0.2, 0) is 18.3 Å². The van der Waals surface area contributed by atoms with E-state index in [2.05, 4.69) is 20.7 Å². The number of pyridine rings is 1. The van der Waals surface area contributed by atoms with Gasteiger partial charge in [0, 0.05) is 44.2 Å². The second-order valence-electron chi connectivity index (χ2n) is 5.41. The third-order valence-corrected chi connectivity index (χ3v) is 3.70. The van der Waals surface area contributed by atoms with Crippen molar-refractivity contribution in [3.8, 4) is 0 Å². The van der Waals surface area contributed by atoms with E-state index in [4.69, 9.17) is 0 Å². The Hall–Kier alpha value is -2.67. The van der Waals surface area contributed by atoms with E-state index >= 15 is 0 Å². The number of fused-ring (bicyclic) bond motifs is 1. The molecule has 0 saturated heterocycles. The summed E-state index contributed by atoms with van der Waals surface area (Å²) in [6, 6.07) is 5.48. The van der Waals surface area contributed by atoms with Gasteiger partial charge in [-0.2, -0.15) is 5.10 Å². The number of imidazole rings is 1. The van der Waals surface area contributed by atoms with Crippen LogP contribution in [0.2, 0.25) is 0 Å². The minimum absolute atomic E-state index is 0.0655. The number of carbonyl (C=O) groups is 1. The molecule has 0 radical (unpaired) electrons. The van der Waals surface area contributed by atoms with E-state index in [1.807, 2.05) is 48.2 Å². The lowest BCUT2D eigenvalue weighted by molar-refractivity contribution is -0.123. The molecular weight excluding hydrogens is 292 g/mol. The first-order valence-electron chi connectivity index (χ1n) is 7.53. The van der Waals surface area contributed by atoms with Crippen LogP contribution in [0.1, 0.15) is 17.3 Å². The van der Waals surface area contributed by atoms with Crippen molar-refractivity contribution in [1.82, 2.24) is 29.8 Å². The molecular formula is C16H20N6O. The molecule has 3 aromatic rings. The van der Waals surface area contributed by atoms with Crippen LogP contribution in [0.15, 0.2) is 43.0 Å². The Balaban J connectivity index is 1.57. The Morgan fingerprint density at radius 1 is 1.35 bits per heavy atom. The number of nitrogens with zero attached hydrogens (tertiary/aromatic N) is 4. The minimum Gasteiger partial charge on any atom is -0.354 e. The van der Waals surface area contributed by atoms with E-state index < -0.39 is 6.04 Å². The highest BCUT2D eigenvalue weighted by atomic mass is 16.2. The van der Waals surface area contributed by atoms with Gasteiger partial charge in [0.05, 0.1) is 11.9 Å². The zero-order chi connectivity index (χ0) is 16.2. The zero-order valence-electron chi connectivity index (χ0n) is 13.2. The summed E-state index contributed by atoms with van der Waals surface area (Å²) < 4.78 is 3.66. The van der Waals surface area contributed by atoms with E-state index in [0.717, 1.165) is 16.9 Å². The molecule has 7 heteroatoms. The van der Waals surface area contributed by atoms with Gasteiger partial charge in [-0.1, -0.05) is 6.07 Å². The molecule has 0 saturated carbocycles. The van der Waals surface area contributed by atoms with Gasteiger partial charge in [0.25, 0.3) is 0 Å². The average Bonchev–Trinajstić information content (AvgIpc) is 3.14. The molecule has 1 amide bonds. The molecule has 1 unspecified atom stereocenters. The predicted octanol–water partition coefficient (Wildman–Crippen LogP) is 0.687. The van der Waals surface area contributed by atoms with Gasteiger partial charge >= 0.3 is 0 Å². The fourth-order valence-electron chi connectivity index (χ4n) is 2.56. The largest absolute Gasteiger partial charge is 0.354 e. The molecule has 0 spiro atoms. The van der Waals surface area contributed by atoms with Crippen LogP contribution < -0.4 is 10.6 Å². The van der Waals surface area contributed by atoms with Crippen molar-refractivity contribution in [1.29, 1.82) is 0 Å². The average molecular weight is 312 g/mol. The highest BCUT2D eigenvalue weighted by Crippen LogP contribution is 2.11. The quantitative estimate of drug-likeness (QED) is 0.702. The van der Waals surface area contributed by atoms with Crippen LogP contribution >= 0.6 is 0 Å². The van der Waals surface area contributed by atoms with E-state index in [1.54, 1.807) is 17.9 Å². The number of hydrogen-bond donors (Lipinski definition) is 2. The maximum absolute atomic E-state index is 12.3. The molecule has 2 N–H and O–H groups in total. The monoisotopic (exact) mass is 312 g/mol. The lowest BCUT2D eigenvalue weighted by Gasteiger charge is -2.14. The molecule has 0 aromatic carbocycles. The van der Waals surface area contributed by atoms with Crippen LogP contribution in [0, 0.1) is 0 Å². The van der Waals surface area contributed by atoms with Gasteiger partial charge in [-0.3, -0.25) is 9.48 Å². The van der Waals surface area contributed by atoms with Gasteiger partial charge in [-0.15, -0.1) is 0 Å². The van der Waals surface area contributed by atoms with E-state index in [-0.39, 0.29) is 5.91 Å². The predicted molar refractivity (Wildman–Crippen MR) is 86.9 cm³/mol. The van der Waals surface area contributed by atoms with E-state index in [0.29, 0.717) is 13.0 Å². The molecule has 1 atom stereocenters. The number of likely N-dealkylation sites (N-methyl/N-ethyl adjacent to an activating group) is 1. The van der Waals surface area contributed by atoms with Crippen molar-refractivity contribution in [2.75, 3.05) is 13.6 Å². The fourth-order valence-corrected chi connectivity index (χ4v) is 2.56. The van der Waals surface area contributed by atoms with Crippen LogP contribution in [0.25, 0.3) is 5.65 Å². The Bertz CT molecular complexity index is 773. The van der Waals surface area contributed by atoms with Crippen LogP contribution in [-0.4, -0.2) is 38.7 Å². The summed E-state index contributed by atoms with van der Waals surface area (Å²) in [5, 5.41) is 10.1. The highest BCUT2D eigenvalue weighted by molar-refractivity contribution is 5.83. The van der Waals surface area contributed by atoms with Crippen molar-refractivity contribution in [2.24, 2.45) is 7.05 Å². The Morgan fingerprint density at radius 3 is 2.91 bits per heavy atom.